The van der Waals surface area contributed by atoms with Gasteiger partial charge in [-0.05, 0) is 30.8 Å². The van der Waals surface area contributed by atoms with Crippen molar-refractivity contribution in [1.82, 2.24) is 14.8 Å². The van der Waals surface area contributed by atoms with Gasteiger partial charge in [0.25, 0.3) is 0 Å². The Hall–Kier alpha value is -1.95. The lowest BCUT2D eigenvalue weighted by Gasteiger charge is -1.97. The van der Waals surface area contributed by atoms with Crippen molar-refractivity contribution in [2.75, 3.05) is 6.54 Å². The number of nitrogens with two attached hydrogens (primary N) is 1. The molecule has 0 aliphatic rings. The summed E-state index contributed by atoms with van der Waals surface area (Å²) >= 11 is 0. The van der Waals surface area contributed by atoms with Gasteiger partial charge in [0.1, 0.15) is 11.6 Å². The van der Waals surface area contributed by atoms with Gasteiger partial charge < -0.3 is 5.73 Å². The third-order valence-corrected chi connectivity index (χ3v) is 2.12. The Balaban J connectivity index is 2.40. The van der Waals surface area contributed by atoms with Crippen molar-refractivity contribution in [2.45, 2.75) is 6.42 Å². The first-order chi connectivity index (χ1) is 7.70. The summed E-state index contributed by atoms with van der Waals surface area (Å²) in [5.74, 6) is 0.173. The summed E-state index contributed by atoms with van der Waals surface area (Å²) in [6.07, 6.45) is 0.503. The lowest BCUT2D eigenvalue weighted by Crippen LogP contribution is -2.15. The zero-order valence-corrected chi connectivity index (χ0v) is 8.48. The second-order valence-electron chi connectivity index (χ2n) is 3.30. The fraction of sp³-hybridized carbons (Fsp3) is 0.200. The van der Waals surface area contributed by atoms with Gasteiger partial charge in [-0.15, -0.1) is 0 Å². The van der Waals surface area contributed by atoms with E-state index in [0.717, 1.165) is 0 Å². The number of benzene rings is 1. The van der Waals surface area contributed by atoms with E-state index in [1.807, 2.05) is 0 Å². The van der Waals surface area contributed by atoms with Gasteiger partial charge in [-0.25, -0.2) is 9.18 Å². The monoisotopic (exact) mass is 222 g/mol. The molecule has 1 aromatic heterocycles. The van der Waals surface area contributed by atoms with E-state index in [2.05, 4.69) is 10.1 Å². The Morgan fingerprint density at radius 2 is 2.06 bits per heavy atom. The van der Waals surface area contributed by atoms with E-state index >= 15 is 0 Å². The molecule has 3 N–H and O–H groups in total. The highest BCUT2D eigenvalue weighted by molar-refractivity contribution is 5.30. The molecule has 6 heteroatoms. The quantitative estimate of drug-likeness (QED) is 0.778. The summed E-state index contributed by atoms with van der Waals surface area (Å²) in [6.45, 7) is 0.413. The Kier molecular flexibility index (Phi) is 2.82. The lowest BCUT2D eigenvalue weighted by atomic mass is 10.3. The fourth-order valence-electron chi connectivity index (χ4n) is 1.37. The zero-order valence-electron chi connectivity index (χ0n) is 8.48. The molecular formula is C10H11FN4O. The molecule has 0 aliphatic heterocycles. The van der Waals surface area contributed by atoms with Crippen LogP contribution in [0.4, 0.5) is 4.39 Å². The minimum absolute atomic E-state index is 0.352. The number of rotatable bonds is 3. The molecule has 2 rings (SSSR count). The summed E-state index contributed by atoms with van der Waals surface area (Å²) in [5.41, 5.74) is 5.53. The minimum atomic E-state index is -0.352. The highest BCUT2D eigenvalue weighted by Gasteiger charge is 2.06. The molecule has 1 aromatic carbocycles. The smallest absolute Gasteiger partial charge is 0.330 e. The SMILES string of the molecule is NCCc1nn(-c2ccc(F)cc2)c(=O)[nH]1. The van der Waals surface area contributed by atoms with Crippen LogP contribution in [-0.2, 0) is 6.42 Å². The average molecular weight is 222 g/mol. The summed E-state index contributed by atoms with van der Waals surface area (Å²) in [6, 6.07) is 5.53. The molecule has 0 amide bonds. The number of aromatic amines is 1. The van der Waals surface area contributed by atoms with Gasteiger partial charge >= 0.3 is 5.69 Å². The van der Waals surface area contributed by atoms with Crippen molar-refractivity contribution in [3.05, 3.63) is 46.4 Å². The lowest BCUT2D eigenvalue weighted by molar-refractivity contribution is 0.626. The average Bonchev–Trinajstić information content (AvgIpc) is 2.61. The number of nitrogens with one attached hydrogen (secondary N) is 1. The van der Waals surface area contributed by atoms with Crippen molar-refractivity contribution in [2.24, 2.45) is 5.73 Å². The highest BCUT2D eigenvalue weighted by Crippen LogP contribution is 2.05. The van der Waals surface area contributed by atoms with Crippen LogP contribution in [0.5, 0.6) is 0 Å². The van der Waals surface area contributed by atoms with Crippen LogP contribution < -0.4 is 11.4 Å². The molecule has 0 saturated heterocycles. The van der Waals surface area contributed by atoms with E-state index in [9.17, 15) is 9.18 Å². The first kappa shape index (κ1) is 10.6. The van der Waals surface area contributed by atoms with Gasteiger partial charge in [0, 0.05) is 6.42 Å². The van der Waals surface area contributed by atoms with Crippen LogP contribution in [0.1, 0.15) is 5.82 Å². The molecule has 16 heavy (non-hydrogen) atoms. The van der Waals surface area contributed by atoms with Crippen LogP contribution in [0.25, 0.3) is 5.69 Å². The van der Waals surface area contributed by atoms with Crippen molar-refractivity contribution in [3.63, 3.8) is 0 Å². The largest absolute Gasteiger partial charge is 0.348 e. The Bertz CT molecular complexity index is 528. The maximum absolute atomic E-state index is 12.7. The van der Waals surface area contributed by atoms with Crippen molar-refractivity contribution >= 4 is 0 Å². The van der Waals surface area contributed by atoms with E-state index in [0.29, 0.717) is 24.5 Å². The first-order valence-electron chi connectivity index (χ1n) is 4.85. The van der Waals surface area contributed by atoms with Crippen LogP contribution in [0.2, 0.25) is 0 Å². The number of aromatic nitrogens is 3. The van der Waals surface area contributed by atoms with Gasteiger partial charge in [0.05, 0.1) is 5.69 Å². The van der Waals surface area contributed by atoms with Gasteiger partial charge in [-0.1, -0.05) is 0 Å². The van der Waals surface area contributed by atoms with E-state index in [-0.39, 0.29) is 11.5 Å². The van der Waals surface area contributed by atoms with Crippen LogP contribution in [0, 0.1) is 5.82 Å². The van der Waals surface area contributed by atoms with Crippen LogP contribution >= 0.6 is 0 Å². The summed E-state index contributed by atoms with van der Waals surface area (Å²) in [7, 11) is 0. The molecule has 0 unspecified atom stereocenters. The molecule has 1 heterocycles. The van der Waals surface area contributed by atoms with Gasteiger partial charge in [0.2, 0.25) is 0 Å². The molecule has 0 bridgehead atoms. The molecule has 0 saturated carbocycles. The molecule has 2 aromatic rings. The molecular weight excluding hydrogens is 211 g/mol. The third-order valence-electron chi connectivity index (χ3n) is 2.12. The van der Waals surface area contributed by atoms with E-state index in [4.69, 9.17) is 5.73 Å². The maximum atomic E-state index is 12.7. The van der Waals surface area contributed by atoms with Crippen LogP contribution in [0.15, 0.2) is 29.1 Å². The van der Waals surface area contributed by atoms with Gasteiger partial charge in [0.15, 0.2) is 0 Å². The second-order valence-corrected chi connectivity index (χ2v) is 3.30. The van der Waals surface area contributed by atoms with Crippen LogP contribution in [-0.4, -0.2) is 21.3 Å². The first-order valence-corrected chi connectivity index (χ1v) is 4.85. The third kappa shape index (κ3) is 2.01. The van der Waals surface area contributed by atoms with E-state index < -0.39 is 0 Å². The molecule has 5 nitrogen and oxygen atoms in total. The molecule has 0 fully saturated rings. The van der Waals surface area contributed by atoms with Crippen molar-refractivity contribution in [3.8, 4) is 5.69 Å². The van der Waals surface area contributed by atoms with Gasteiger partial charge in [-0.3, -0.25) is 4.98 Å². The second kappa shape index (κ2) is 4.28. The molecule has 0 spiro atoms. The topological polar surface area (TPSA) is 76.7 Å². The number of H-pyrrole nitrogens is 1. The Morgan fingerprint density at radius 1 is 1.38 bits per heavy atom. The standard InChI is InChI=1S/C10H11FN4O/c11-7-1-3-8(4-2-7)15-10(16)13-9(14-15)5-6-12/h1-4H,5-6,12H2,(H,13,14,16). The maximum Gasteiger partial charge on any atom is 0.348 e. The minimum Gasteiger partial charge on any atom is -0.330 e. The number of halogens is 1. The molecule has 84 valence electrons. The number of hydrogen-bond donors (Lipinski definition) is 2. The zero-order chi connectivity index (χ0) is 11.5. The highest BCUT2D eigenvalue weighted by atomic mass is 19.1. The van der Waals surface area contributed by atoms with Gasteiger partial charge in [-0.2, -0.15) is 9.78 Å². The molecule has 0 radical (unpaired) electrons. The predicted molar refractivity (Wildman–Crippen MR) is 56.9 cm³/mol. The van der Waals surface area contributed by atoms with Crippen molar-refractivity contribution < 1.29 is 4.39 Å². The number of hydrogen-bond acceptors (Lipinski definition) is 3. The normalized spacial score (nSPS) is 10.6. The van der Waals surface area contributed by atoms with E-state index in [1.54, 1.807) is 0 Å². The predicted octanol–water partition coefficient (Wildman–Crippen LogP) is 0.201. The Morgan fingerprint density at radius 3 is 2.69 bits per heavy atom. The molecule has 0 atom stereocenters. The number of nitrogens with zero attached hydrogens (tertiary/aromatic N) is 2. The summed E-state index contributed by atoms with van der Waals surface area (Å²) in [5, 5.41) is 4.05. The van der Waals surface area contributed by atoms with E-state index in [1.165, 1.54) is 28.9 Å². The fourth-order valence-corrected chi connectivity index (χ4v) is 1.37. The van der Waals surface area contributed by atoms with Crippen LogP contribution in [0.3, 0.4) is 0 Å². The Labute approximate surface area is 90.7 Å². The summed E-state index contributed by atoms with van der Waals surface area (Å²) in [4.78, 5) is 14.1. The van der Waals surface area contributed by atoms with Crippen molar-refractivity contribution in [1.29, 1.82) is 0 Å². The summed E-state index contributed by atoms with van der Waals surface area (Å²) < 4.78 is 13.9. The molecule has 0 aliphatic carbocycles.